The lowest BCUT2D eigenvalue weighted by molar-refractivity contribution is 0.662. The SMILES string of the molecule is CC1(C)c2ccccc2-c2cc(N(c3cc(-c4ccccc4)cc(-c4ccccc4)c3)c3ccc4c(c3)c3ccccc3n4-c3ccccc3)cc(-c3ccccc3)c21. The molecule has 2 heteroatoms. The molecular formula is C57H42N2. The van der Waals surface area contributed by atoms with Crippen LogP contribution in [0, 0.1) is 0 Å². The molecule has 0 N–H and O–H groups in total. The highest BCUT2D eigenvalue weighted by atomic mass is 15.1. The van der Waals surface area contributed by atoms with Crippen molar-refractivity contribution in [1.82, 2.24) is 4.57 Å². The summed E-state index contributed by atoms with van der Waals surface area (Å²) in [4.78, 5) is 2.49. The Morgan fingerprint density at radius 2 is 0.881 bits per heavy atom. The van der Waals surface area contributed by atoms with E-state index in [1.54, 1.807) is 0 Å². The fraction of sp³-hybridized carbons (Fsp3) is 0.0526. The molecule has 0 saturated carbocycles. The van der Waals surface area contributed by atoms with Crippen LogP contribution in [0.3, 0.4) is 0 Å². The Bertz CT molecular complexity index is 3100. The molecule has 2 nitrogen and oxygen atoms in total. The summed E-state index contributed by atoms with van der Waals surface area (Å²) in [5, 5.41) is 2.44. The summed E-state index contributed by atoms with van der Waals surface area (Å²) in [5.41, 5.74) is 19.2. The fourth-order valence-electron chi connectivity index (χ4n) is 9.62. The summed E-state index contributed by atoms with van der Waals surface area (Å²) in [5.74, 6) is 0. The number of fused-ring (bicyclic) bond motifs is 6. The predicted octanol–water partition coefficient (Wildman–Crippen LogP) is 15.6. The Kier molecular flexibility index (Phi) is 8.20. The van der Waals surface area contributed by atoms with E-state index in [2.05, 4.69) is 242 Å². The van der Waals surface area contributed by atoms with E-state index in [1.165, 1.54) is 77.4 Å². The molecule has 0 saturated heterocycles. The Hall–Kier alpha value is -7.42. The van der Waals surface area contributed by atoms with Gasteiger partial charge in [0.05, 0.1) is 11.0 Å². The maximum absolute atomic E-state index is 2.49. The van der Waals surface area contributed by atoms with Crippen LogP contribution in [0.1, 0.15) is 25.0 Å². The van der Waals surface area contributed by atoms with E-state index >= 15 is 0 Å². The van der Waals surface area contributed by atoms with Gasteiger partial charge in [-0.1, -0.05) is 166 Å². The predicted molar refractivity (Wildman–Crippen MR) is 249 cm³/mol. The number of benzene rings is 9. The van der Waals surface area contributed by atoms with E-state index in [1.807, 2.05) is 0 Å². The number of nitrogens with zero attached hydrogens (tertiary/aromatic N) is 2. The third-order valence-electron chi connectivity index (χ3n) is 12.3. The third-order valence-corrected chi connectivity index (χ3v) is 12.3. The van der Waals surface area contributed by atoms with Crippen LogP contribution in [0.25, 0.3) is 72.0 Å². The van der Waals surface area contributed by atoms with E-state index < -0.39 is 0 Å². The Balaban J connectivity index is 1.23. The smallest absolute Gasteiger partial charge is 0.0542 e. The van der Waals surface area contributed by atoms with Gasteiger partial charge in [-0.3, -0.25) is 0 Å². The molecule has 0 fully saturated rings. The van der Waals surface area contributed by atoms with Crippen molar-refractivity contribution in [1.29, 1.82) is 0 Å². The lowest BCUT2D eigenvalue weighted by Crippen LogP contribution is -2.17. The standard InChI is InChI=1S/C57H42N2/c1-57(2)53-29-17-15-27-48(53)52-38-47(37-50(56(52)57)41-23-11-5-12-24-41)58(46-34-42(39-19-7-3-8-20-39)33-43(35-46)40-21-9-4-10-22-40)45-31-32-55-51(36-45)49-28-16-18-30-54(49)59(55)44-25-13-6-14-26-44/h3-38H,1-2H3. The molecule has 0 aliphatic heterocycles. The zero-order valence-corrected chi connectivity index (χ0v) is 33.2. The highest BCUT2D eigenvalue weighted by Gasteiger charge is 2.38. The number of hydrogen-bond acceptors (Lipinski definition) is 1. The Morgan fingerprint density at radius 3 is 1.56 bits per heavy atom. The van der Waals surface area contributed by atoms with Crippen LogP contribution >= 0.6 is 0 Å². The summed E-state index contributed by atoms with van der Waals surface area (Å²) >= 11 is 0. The monoisotopic (exact) mass is 754 g/mol. The Labute approximate surface area is 345 Å². The number of aromatic nitrogens is 1. The van der Waals surface area contributed by atoms with Gasteiger partial charge in [-0.25, -0.2) is 0 Å². The summed E-state index contributed by atoms with van der Waals surface area (Å²) in [7, 11) is 0. The zero-order chi connectivity index (χ0) is 39.5. The van der Waals surface area contributed by atoms with E-state index in [-0.39, 0.29) is 5.41 Å². The van der Waals surface area contributed by atoms with Gasteiger partial charge in [0.2, 0.25) is 0 Å². The maximum atomic E-state index is 2.49. The van der Waals surface area contributed by atoms with Gasteiger partial charge in [0.15, 0.2) is 0 Å². The first-order valence-electron chi connectivity index (χ1n) is 20.5. The van der Waals surface area contributed by atoms with Gasteiger partial charge in [0, 0.05) is 38.9 Å². The quantitative estimate of drug-likeness (QED) is 0.157. The van der Waals surface area contributed by atoms with E-state index in [4.69, 9.17) is 0 Å². The van der Waals surface area contributed by atoms with Gasteiger partial charge in [0.1, 0.15) is 0 Å². The molecule has 280 valence electrons. The average molecular weight is 755 g/mol. The molecule has 9 aromatic carbocycles. The summed E-state index contributed by atoms with van der Waals surface area (Å²) in [6.07, 6.45) is 0. The van der Waals surface area contributed by atoms with Crippen LogP contribution < -0.4 is 4.90 Å². The molecule has 0 amide bonds. The average Bonchev–Trinajstić information content (AvgIpc) is 3.75. The normalized spacial score (nSPS) is 12.7. The van der Waals surface area contributed by atoms with E-state index in [0.29, 0.717) is 0 Å². The fourth-order valence-corrected chi connectivity index (χ4v) is 9.62. The van der Waals surface area contributed by atoms with Crippen molar-refractivity contribution in [2.45, 2.75) is 19.3 Å². The molecule has 59 heavy (non-hydrogen) atoms. The van der Waals surface area contributed by atoms with E-state index in [0.717, 1.165) is 22.7 Å². The van der Waals surface area contributed by atoms with Crippen LogP contribution in [0.15, 0.2) is 218 Å². The van der Waals surface area contributed by atoms with Gasteiger partial charge in [-0.05, 0) is 122 Å². The van der Waals surface area contributed by atoms with Crippen molar-refractivity contribution < 1.29 is 0 Å². The minimum Gasteiger partial charge on any atom is -0.310 e. The molecule has 1 aromatic heterocycles. The van der Waals surface area contributed by atoms with E-state index in [9.17, 15) is 0 Å². The third kappa shape index (κ3) is 5.79. The second kappa shape index (κ2) is 13.9. The van der Waals surface area contributed by atoms with Gasteiger partial charge in [-0.2, -0.15) is 0 Å². The minimum atomic E-state index is -0.174. The van der Waals surface area contributed by atoms with Crippen LogP contribution in [0.2, 0.25) is 0 Å². The van der Waals surface area contributed by atoms with Gasteiger partial charge in [0.25, 0.3) is 0 Å². The topological polar surface area (TPSA) is 8.17 Å². The molecular weight excluding hydrogens is 713 g/mol. The van der Waals surface area contributed by atoms with Crippen LogP contribution in [0.5, 0.6) is 0 Å². The van der Waals surface area contributed by atoms with Crippen molar-refractivity contribution in [2.24, 2.45) is 0 Å². The van der Waals surface area contributed by atoms with Crippen molar-refractivity contribution in [2.75, 3.05) is 4.90 Å². The Morgan fingerprint density at radius 1 is 0.356 bits per heavy atom. The van der Waals surface area contributed by atoms with Crippen molar-refractivity contribution in [3.8, 4) is 50.2 Å². The zero-order valence-electron chi connectivity index (χ0n) is 33.2. The molecule has 0 bridgehead atoms. The van der Waals surface area contributed by atoms with Crippen molar-refractivity contribution >= 4 is 38.9 Å². The van der Waals surface area contributed by atoms with Gasteiger partial charge >= 0.3 is 0 Å². The first kappa shape index (κ1) is 34.8. The number of rotatable bonds is 7. The highest BCUT2D eigenvalue weighted by molar-refractivity contribution is 6.11. The molecule has 1 heterocycles. The second-order valence-corrected chi connectivity index (χ2v) is 16.2. The first-order chi connectivity index (χ1) is 29.0. The van der Waals surface area contributed by atoms with Crippen LogP contribution in [-0.2, 0) is 5.41 Å². The lowest BCUT2D eigenvalue weighted by atomic mass is 9.78. The minimum absolute atomic E-state index is 0.174. The lowest BCUT2D eigenvalue weighted by Gasteiger charge is -2.30. The number of hydrogen-bond donors (Lipinski definition) is 0. The van der Waals surface area contributed by atoms with Crippen LogP contribution in [-0.4, -0.2) is 4.57 Å². The maximum Gasteiger partial charge on any atom is 0.0542 e. The summed E-state index contributed by atoms with van der Waals surface area (Å²) in [6, 6.07) is 80.0. The summed E-state index contributed by atoms with van der Waals surface area (Å²) in [6.45, 7) is 4.76. The molecule has 1 aliphatic rings. The molecule has 0 spiro atoms. The molecule has 10 aromatic rings. The van der Waals surface area contributed by atoms with Crippen molar-refractivity contribution in [3.05, 3.63) is 230 Å². The molecule has 0 atom stereocenters. The number of para-hydroxylation sites is 2. The molecule has 1 aliphatic carbocycles. The van der Waals surface area contributed by atoms with Crippen LogP contribution in [0.4, 0.5) is 17.1 Å². The molecule has 11 rings (SSSR count). The number of anilines is 3. The van der Waals surface area contributed by atoms with Crippen molar-refractivity contribution in [3.63, 3.8) is 0 Å². The first-order valence-corrected chi connectivity index (χ1v) is 20.5. The highest BCUT2D eigenvalue weighted by Crippen LogP contribution is 2.55. The van der Waals surface area contributed by atoms with Gasteiger partial charge < -0.3 is 9.47 Å². The molecule has 0 unspecified atom stereocenters. The van der Waals surface area contributed by atoms with Gasteiger partial charge in [-0.15, -0.1) is 0 Å². The summed E-state index contributed by atoms with van der Waals surface area (Å²) < 4.78 is 2.39. The largest absolute Gasteiger partial charge is 0.310 e. The molecule has 0 radical (unpaired) electrons. The second-order valence-electron chi connectivity index (χ2n) is 16.2.